The van der Waals surface area contributed by atoms with Crippen LogP contribution in [0.5, 0.6) is 0 Å². The lowest BCUT2D eigenvalue weighted by atomic mass is 10.00. The molecule has 0 N–H and O–H groups in total. The molecular weight excluding hydrogens is 293 g/mol. The lowest BCUT2D eigenvalue weighted by Crippen LogP contribution is -2.15. The molecule has 0 aliphatic carbocycles. The van der Waals surface area contributed by atoms with Crippen molar-refractivity contribution in [2.75, 3.05) is 7.11 Å². The van der Waals surface area contributed by atoms with Gasteiger partial charge in [0.2, 0.25) is 0 Å². The second-order valence-corrected chi connectivity index (χ2v) is 5.24. The molecule has 18 heavy (non-hydrogen) atoms. The van der Waals surface area contributed by atoms with Crippen molar-refractivity contribution in [1.82, 2.24) is 4.98 Å². The number of nitrogens with zero attached hydrogens (tertiary/aromatic N) is 1. The number of methoxy groups -OCH3 is 1. The Balaban J connectivity index is 2.46. The average Bonchev–Trinajstić information content (AvgIpc) is 2.87. The minimum atomic E-state index is -0.565. The van der Waals surface area contributed by atoms with E-state index in [9.17, 15) is 4.79 Å². The molecule has 0 aliphatic rings. The molecule has 1 aromatic heterocycles. The first-order valence-corrected chi connectivity index (χ1v) is 6.69. The maximum Gasteiger partial charge on any atom is 0.320 e. The van der Waals surface area contributed by atoms with E-state index >= 15 is 0 Å². The monoisotopic (exact) mass is 301 g/mol. The molecule has 2 rings (SSSR count). The molecule has 0 spiro atoms. The Morgan fingerprint density at radius 2 is 2.17 bits per heavy atom. The predicted molar refractivity (Wildman–Crippen MR) is 72.4 cm³/mol. The van der Waals surface area contributed by atoms with Crippen LogP contribution in [0.2, 0.25) is 10.0 Å². The summed E-state index contributed by atoms with van der Waals surface area (Å²) >= 11 is 13.2. The lowest BCUT2D eigenvalue weighted by Gasteiger charge is -2.13. The van der Waals surface area contributed by atoms with Crippen LogP contribution in [0, 0.1) is 0 Å². The van der Waals surface area contributed by atoms with Crippen molar-refractivity contribution in [2.45, 2.75) is 5.92 Å². The number of esters is 1. The van der Waals surface area contributed by atoms with Crippen molar-refractivity contribution in [3.05, 3.63) is 50.4 Å². The normalized spacial score (nSPS) is 12.2. The van der Waals surface area contributed by atoms with Gasteiger partial charge in [-0.2, -0.15) is 0 Å². The summed E-state index contributed by atoms with van der Waals surface area (Å²) in [6.07, 6.45) is 1.65. The van der Waals surface area contributed by atoms with Crippen molar-refractivity contribution < 1.29 is 9.53 Å². The van der Waals surface area contributed by atoms with E-state index in [0.717, 1.165) is 0 Å². The molecule has 0 amide bonds. The minimum absolute atomic E-state index is 0.372. The molecule has 1 aromatic carbocycles. The van der Waals surface area contributed by atoms with Gasteiger partial charge in [-0.05, 0) is 17.7 Å². The van der Waals surface area contributed by atoms with Crippen molar-refractivity contribution >= 4 is 40.5 Å². The Bertz CT molecular complexity index is 557. The lowest BCUT2D eigenvalue weighted by molar-refractivity contribution is -0.141. The first-order valence-electron chi connectivity index (χ1n) is 5.05. The summed E-state index contributed by atoms with van der Waals surface area (Å²) in [7, 11) is 1.35. The summed E-state index contributed by atoms with van der Waals surface area (Å²) < 4.78 is 4.81. The summed E-state index contributed by atoms with van der Waals surface area (Å²) in [4.78, 5) is 16.0. The molecule has 0 bridgehead atoms. The molecule has 3 nitrogen and oxygen atoms in total. The third-order valence-corrected chi connectivity index (χ3v) is 3.99. The van der Waals surface area contributed by atoms with Gasteiger partial charge in [0.1, 0.15) is 10.9 Å². The fraction of sp³-hybridized carbons (Fsp3) is 0.167. The highest BCUT2D eigenvalue weighted by molar-refractivity contribution is 7.09. The predicted octanol–water partition coefficient (Wildman–Crippen LogP) is 3.75. The highest BCUT2D eigenvalue weighted by atomic mass is 35.5. The molecule has 6 heteroatoms. The van der Waals surface area contributed by atoms with Crippen LogP contribution in [0.4, 0.5) is 0 Å². The fourth-order valence-corrected chi connectivity index (χ4v) is 2.62. The summed E-state index contributed by atoms with van der Waals surface area (Å²) in [5, 5.41) is 3.33. The van der Waals surface area contributed by atoms with Gasteiger partial charge in [0.25, 0.3) is 0 Å². The van der Waals surface area contributed by atoms with E-state index in [1.54, 1.807) is 24.4 Å². The quantitative estimate of drug-likeness (QED) is 0.810. The zero-order valence-corrected chi connectivity index (χ0v) is 11.7. The van der Waals surface area contributed by atoms with Crippen LogP contribution < -0.4 is 0 Å². The summed E-state index contributed by atoms with van der Waals surface area (Å²) in [6.45, 7) is 0. The Labute approximate surface area is 118 Å². The summed E-state index contributed by atoms with van der Waals surface area (Å²) in [6, 6.07) is 5.06. The first-order chi connectivity index (χ1) is 8.63. The Morgan fingerprint density at radius 3 is 2.72 bits per heavy atom. The zero-order chi connectivity index (χ0) is 13.1. The van der Waals surface area contributed by atoms with E-state index < -0.39 is 5.92 Å². The van der Waals surface area contributed by atoms with E-state index in [0.29, 0.717) is 20.6 Å². The van der Waals surface area contributed by atoms with Gasteiger partial charge >= 0.3 is 5.97 Å². The average molecular weight is 302 g/mol. The van der Waals surface area contributed by atoms with Crippen LogP contribution in [0.15, 0.2) is 29.8 Å². The molecule has 1 heterocycles. The first kappa shape index (κ1) is 13.3. The van der Waals surface area contributed by atoms with Crippen LogP contribution in [0.25, 0.3) is 0 Å². The van der Waals surface area contributed by atoms with E-state index in [2.05, 4.69) is 4.98 Å². The number of benzene rings is 1. The van der Waals surface area contributed by atoms with E-state index in [4.69, 9.17) is 27.9 Å². The maximum atomic E-state index is 11.9. The van der Waals surface area contributed by atoms with Gasteiger partial charge in [0.05, 0.1) is 17.2 Å². The summed E-state index contributed by atoms with van der Waals surface area (Å²) in [5.74, 6) is -0.937. The van der Waals surface area contributed by atoms with Crippen LogP contribution in [-0.4, -0.2) is 18.1 Å². The van der Waals surface area contributed by atoms with Gasteiger partial charge in [0, 0.05) is 11.6 Å². The van der Waals surface area contributed by atoms with Crippen LogP contribution in [-0.2, 0) is 9.53 Å². The second kappa shape index (κ2) is 5.69. The van der Waals surface area contributed by atoms with Gasteiger partial charge < -0.3 is 4.74 Å². The van der Waals surface area contributed by atoms with Gasteiger partial charge in [-0.25, -0.2) is 4.98 Å². The Hall–Kier alpha value is -1.10. The number of thiazole rings is 1. The van der Waals surface area contributed by atoms with Gasteiger partial charge in [0.15, 0.2) is 0 Å². The minimum Gasteiger partial charge on any atom is -0.468 e. The molecule has 94 valence electrons. The molecule has 1 unspecified atom stereocenters. The number of rotatable bonds is 3. The number of halogens is 2. The molecule has 0 radical (unpaired) electrons. The smallest absolute Gasteiger partial charge is 0.320 e. The Kier molecular flexibility index (Phi) is 4.22. The Morgan fingerprint density at radius 1 is 1.39 bits per heavy atom. The number of hydrogen-bond acceptors (Lipinski definition) is 4. The van der Waals surface area contributed by atoms with Crippen LogP contribution >= 0.6 is 34.5 Å². The standard InChI is InChI=1S/C12H9Cl2NO2S/c1-17-12(16)10(11-15-4-5-18-11)7-2-3-8(13)9(14)6-7/h2-6,10H,1H3. The topological polar surface area (TPSA) is 39.2 Å². The summed E-state index contributed by atoms with van der Waals surface area (Å²) in [5.41, 5.74) is 0.714. The molecule has 0 saturated carbocycles. The van der Waals surface area contributed by atoms with E-state index in [1.165, 1.54) is 18.4 Å². The largest absolute Gasteiger partial charge is 0.468 e. The van der Waals surface area contributed by atoms with E-state index in [1.807, 2.05) is 5.38 Å². The van der Waals surface area contributed by atoms with Crippen molar-refractivity contribution in [3.8, 4) is 0 Å². The van der Waals surface area contributed by atoms with Crippen LogP contribution in [0.1, 0.15) is 16.5 Å². The molecule has 2 aromatic rings. The molecular formula is C12H9Cl2NO2S. The zero-order valence-electron chi connectivity index (χ0n) is 9.39. The SMILES string of the molecule is COC(=O)C(c1ccc(Cl)c(Cl)c1)c1nccs1. The van der Waals surface area contributed by atoms with Crippen molar-refractivity contribution in [1.29, 1.82) is 0 Å². The van der Waals surface area contributed by atoms with Gasteiger partial charge in [-0.1, -0.05) is 29.3 Å². The number of ether oxygens (including phenoxy) is 1. The number of carbonyl (C=O) groups is 1. The third-order valence-electron chi connectivity index (χ3n) is 2.41. The number of hydrogen-bond donors (Lipinski definition) is 0. The highest BCUT2D eigenvalue weighted by Crippen LogP contribution is 2.31. The van der Waals surface area contributed by atoms with E-state index in [-0.39, 0.29) is 5.97 Å². The van der Waals surface area contributed by atoms with Crippen molar-refractivity contribution in [2.24, 2.45) is 0 Å². The van der Waals surface area contributed by atoms with Gasteiger partial charge in [-0.15, -0.1) is 11.3 Å². The van der Waals surface area contributed by atoms with Crippen molar-refractivity contribution in [3.63, 3.8) is 0 Å². The second-order valence-electron chi connectivity index (χ2n) is 3.50. The highest BCUT2D eigenvalue weighted by Gasteiger charge is 2.26. The fourth-order valence-electron chi connectivity index (χ4n) is 1.57. The third kappa shape index (κ3) is 2.66. The maximum absolute atomic E-state index is 11.9. The molecule has 0 aliphatic heterocycles. The van der Waals surface area contributed by atoms with Crippen LogP contribution in [0.3, 0.4) is 0 Å². The number of aromatic nitrogens is 1. The molecule has 0 saturated heterocycles. The molecule has 1 atom stereocenters. The molecule has 0 fully saturated rings. The number of carbonyl (C=O) groups excluding carboxylic acids is 1. The van der Waals surface area contributed by atoms with Gasteiger partial charge in [-0.3, -0.25) is 4.79 Å².